The highest BCUT2D eigenvalue weighted by atomic mass is 16.4. The van der Waals surface area contributed by atoms with Crippen LogP contribution in [0, 0.1) is 6.92 Å². The van der Waals surface area contributed by atoms with Crippen LogP contribution in [0.4, 0.5) is 0 Å². The third kappa shape index (κ3) is 1.80. The standard InChI is InChI=1S/C16H12O3/c1-9-2-4-11-12-5-3-10(17)7-14(12)15(8-16(18)19)13(11)6-9/h2-8,17H,1H3,(H,18,19)/b15-8+. The van der Waals surface area contributed by atoms with Gasteiger partial charge in [-0.1, -0.05) is 29.8 Å². The first-order valence-electron chi connectivity index (χ1n) is 5.95. The Balaban J connectivity index is 2.35. The zero-order valence-electron chi connectivity index (χ0n) is 10.3. The SMILES string of the molecule is Cc1ccc2c(c1)/C(=C\C(=O)O)c1cc(O)ccc1-2. The van der Waals surface area contributed by atoms with Gasteiger partial charge in [0.2, 0.25) is 0 Å². The number of rotatable bonds is 1. The van der Waals surface area contributed by atoms with Gasteiger partial charge in [0.25, 0.3) is 0 Å². The summed E-state index contributed by atoms with van der Waals surface area (Å²) < 4.78 is 0. The molecule has 2 aromatic carbocycles. The van der Waals surface area contributed by atoms with Gasteiger partial charge in [-0.25, -0.2) is 4.79 Å². The average molecular weight is 252 g/mol. The zero-order chi connectivity index (χ0) is 13.6. The molecule has 1 aliphatic rings. The molecule has 3 rings (SSSR count). The summed E-state index contributed by atoms with van der Waals surface area (Å²) in [4.78, 5) is 11.0. The normalized spacial score (nSPS) is 14.3. The van der Waals surface area contributed by atoms with E-state index >= 15 is 0 Å². The summed E-state index contributed by atoms with van der Waals surface area (Å²) in [7, 11) is 0. The van der Waals surface area contributed by atoms with Gasteiger partial charge in [0, 0.05) is 6.08 Å². The number of aryl methyl sites for hydroxylation is 1. The van der Waals surface area contributed by atoms with Crippen LogP contribution in [0.15, 0.2) is 42.5 Å². The first-order chi connectivity index (χ1) is 9.06. The molecule has 1 aliphatic carbocycles. The molecule has 0 unspecified atom stereocenters. The molecule has 0 heterocycles. The molecule has 0 aromatic heterocycles. The van der Waals surface area contributed by atoms with E-state index in [0.717, 1.165) is 27.8 Å². The van der Waals surface area contributed by atoms with Crippen molar-refractivity contribution < 1.29 is 15.0 Å². The molecular weight excluding hydrogens is 240 g/mol. The Kier molecular flexibility index (Phi) is 2.42. The van der Waals surface area contributed by atoms with Gasteiger partial charge in [-0.15, -0.1) is 0 Å². The van der Waals surface area contributed by atoms with Gasteiger partial charge in [0.15, 0.2) is 0 Å². The van der Waals surface area contributed by atoms with Crippen molar-refractivity contribution in [2.24, 2.45) is 0 Å². The van der Waals surface area contributed by atoms with Crippen molar-refractivity contribution in [3.05, 3.63) is 59.2 Å². The lowest BCUT2D eigenvalue weighted by Gasteiger charge is -2.02. The lowest BCUT2D eigenvalue weighted by Crippen LogP contribution is -1.91. The molecule has 0 spiro atoms. The maximum Gasteiger partial charge on any atom is 0.328 e. The number of hydrogen-bond acceptors (Lipinski definition) is 2. The molecule has 0 saturated carbocycles. The highest BCUT2D eigenvalue weighted by Crippen LogP contribution is 2.45. The molecule has 3 nitrogen and oxygen atoms in total. The summed E-state index contributed by atoms with van der Waals surface area (Å²) in [5, 5.41) is 18.6. The summed E-state index contributed by atoms with van der Waals surface area (Å²) in [5.74, 6) is -0.849. The lowest BCUT2D eigenvalue weighted by atomic mass is 10.0. The highest BCUT2D eigenvalue weighted by molar-refractivity contribution is 6.06. The molecule has 0 aliphatic heterocycles. The maximum absolute atomic E-state index is 11.0. The van der Waals surface area contributed by atoms with Crippen molar-refractivity contribution >= 4 is 11.5 Å². The Labute approximate surface area is 110 Å². The second kappa shape index (κ2) is 3.99. The van der Waals surface area contributed by atoms with Crippen LogP contribution in [0.2, 0.25) is 0 Å². The second-order valence-corrected chi connectivity index (χ2v) is 4.68. The van der Waals surface area contributed by atoms with E-state index in [1.54, 1.807) is 12.1 Å². The van der Waals surface area contributed by atoms with Gasteiger partial charge in [0.05, 0.1) is 0 Å². The quantitative estimate of drug-likeness (QED) is 0.654. The predicted octanol–water partition coefficient (Wildman–Crippen LogP) is 3.20. The zero-order valence-corrected chi connectivity index (χ0v) is 10.3. The predicted molar refractivity (Wildman–Crippen MR) is 73.0 cm³/mol. The van der Waals surface area contributed by atoms with E-state index in [4.69, 9.17) is 5.11 Å². The summed E-state index contributed by atoms with van der Waals surface area (Å²) >= 11 is 0. The molecule has 0 radical (unpaired) electrons. The van der Waals surface area contributed by atoms with Crippen molar-refractivity contribution in [2.75, 3.05) is 0 Å². The van der Waals surface area contributed by atoms with Gasteiger partial charge >= 0.3 is 5.97 Å². The van der Waals surface area contributed by atoms with E-state index in [1.807, 2.05) is 31.2 Å². The Morgan fingerprint density at radius 1 is 1.00 bits per heavy atom. The van der Waals surface area contributed by atoms with Crippen LogP contribution < -0.4 is 0 Å². The molecule has 2 N–H and O–H groups in total. The van der Waals surface area contributed by atoms with Crippen LogP contribution in [0.5, 0.6) is 5.75 Å². The molecule has 94 valence electrons. The number of phenols is 1. The molecular formula is C16H12O3. The Bertz CT molecular complexity index is 673. The minimum absolute atomic E-state index is 0.138. The van der Waals surface area contributed by atoms with Crippen molar-refractivity contribution in [1.82, 2.24) is 0 Å². The maximum atomic E-state index is 11.0. The fourth-order valence-electron chi connectivity index (χ4n) is 2.53. The summed E-state index contributed by atoms with van der Waals surface area (Å²) in [6.07, 6.45) is 1.20. The molecule has 0 bridgehead atoms. The van der Waals surface area contributed by atoms with Crippen molar-refractivity contribution in [1.29, 1.82) is 0 Å². The number of carboxylic acids is 1. The van der Waals surface area contributed by atoms with Crippen LogP contribution in [0.3, 0.4) is 0 Å². The molecule has 0 atom stereocenters. The number of benzene rings is 2. The Morgan fingerprint density at radius 2 is 1.63 bits per heavy atom. The summed E-state index contributed by atoms with van der Waals surface area (Å²) in [6.45, 7) is 1.97. The van der Waals surface area contributed by atoms with E-state index in [0.29, 0.717) is 5.57 Å². The summed E-state index contributed by atoms with van der Waals surface area (Å²) in [5.41, 5.74) is 5.36. The number of carboxylic acid groups (broad SMARTS) is 1. The van der Waals surface area contributed by atoms with Crippen molar-refractivity contribution in [3.63, 3.8) is 0 Å². The van der Waals surface area contributed by atoms with Gasteiger partial charge in [-0.2, -0.15) is 0 Å². The number of aliphatic carboxylic acids is 1. The van der Waals surface area contributed by atoms with Crippen LogP contribution in [0.25, 0.3) is 16.7 Å². The average Bonchev–Trinajstić information content (AvgIpc) is 2.62. The largest absolute Gasteiger partial charge is 0.508 e. The molecule has 19 heavy (non-hydrogen) atoms. The van der Waals surface area contributed by atoms with E-state index in [-0.39, 0.29) is 5.75 Å². The number of hydrogen-bond donors (Lipinski definition) is 2. The number of phenolic OH excluding ortho intramolecular Hbond substituents is 1. The summed E-state index contributed by atoms with van der Waals surface area (Å²) in [6, 6.07) is 11.0. The third-order valence-electron chi connectivity index (χ3n) is 3.32. The van der Waals surface area contributed by atoms with Crippen LogP contribution in [-0.4, -0.2) is 16.2 Å². The van der Waals surface area contributed by atoms with Crippen LogP contribution in [-0.2, 0) is 4.79 Å². The first kappa shape index (κ1) is 11.5. The number of carbonyl (C=O) groups is 1. The highest BCUT2D eigenvalue weighted by Gasteiger charge is 2.24. The fraction of sp³-hybridized carbons (Fsp3) is 0.0625. The van der Waals surface area contributed by atoms with Gasteiger partial charge < -0.3 is 10.2 Å². The minimum atomic E-state index is -0.987. The van der Waals surface area contributed by atoms with E-state index in [1.165, 1.54) is 6.08 Å². The smallest absolute Gasteiger partial charge is 0.328 e. The van der Waals surface area contributed by atoms with Crippen LogP contribution in [0.1, 0.15) is 16.7 Å². The number of fused-ring (bicyclic) bond motifs is 3. The van der Waals surface area contributed by atoms with Crippen molar-refractivity contribution in [2.45, 2.75) is 6.92 Å². The molecule has 3 heteroatoms. The molecule has 0 fully saturated rings. The Hall–Kier alpha value is -2.55. The monoisotopic (exact) mass is 252 g/mol. The van der Waals surface area contributed by atoms with E-state index < -0.39 is 5.97 Å². The van der Waals surface area contributed by atoms with E-state index in [9.17, 15) is 9.90 Å². The molecule has 2 aromatic rings. The van der Waals surface area contributed by atoms with Gasteiger partial charge in [-0.05, 0) is 46.9 Å². The first-order valence-corrected chi connectivity index (χ1v) is 5.95. The fourth-order valence-corrected chi connectivity index (χ4v) is 2.53. The topological polar surface area (TPSA) is 57.5 Å². The van der Waals surface area contributed by atoms with Gasteiger partial charge in [0.1, 0.15) is 5.75 Å². The van der Waals surface area contributed by atoms with Gasteiger partial charge in [-0.3, -0.25) is 0 Å². The third-order valence-corrected chi connectivity index (χ3v) is 3.32. The Morgan fingerprint density at radius 3 is 2.32 bits per heavy atom. The number of aromatic hydroxyl groups is 1. The second-order valence-electron chi connectivity index (χ2n) is 4.68. The molecule has 0 amide bonds. The molecule has 0 saturated heterocycles. The van der Waals surface area contributed by atoms with Crippen molar-refractivity contribution in [3.8, 4) is 16.9 Å². The lowest BCUT2D eigenvalue weighted by molar-refractivity contribution is -0.131. The minimum Gasteiger partial charge on any atom is -0.508 e. The van der Waals surface area contributed by atoms with Crippen LogP contribution >= 0.6 is 0 Å². The van der Waals surface area contributed by atoms with E-state index in [2.05, 4.69) is 0 Å².